The lowest BCUT2D eigenvalue weighted by Gasteiger charge is -2.14. The third-order valence-corrected chi connectivity index (χ3v) is 3.38. The fraction of sp³-hybridized carbons (Fsp3) is 0.273. The van der Waals surface area contributed by atoms with Gasteiger partial charge in [0.1, 0.15) is 5.82 Å². The van der Waals surface area contributed by atoms with Gasteiger partial charge in [0.15, 0.2) is 0 Å². The normalized spacial score (nSPS) is 12.6. The highest BCUT2D eigenvalue weighted by molar-refractivity contribution is 6.99. The molecule has 0 bridgehead atoms. The summed E-state index contributed by atoms with van der Waals surface area (Å²) in [5, 5.41) is 3.69. The Labute approximate surface area is 108 Å². The van der Waals surface area contributed by atoms with Gasteiger partial charge in [0.25, 0.3) is 0 Å². The van der Waals surface area contributed by atoms with E-state index in [0.717, 1.165) is 23.0 Å². The van der Waals surface area contributed by atoms with Crippen molar-refractivity contribution in [3.8, 4) is 0 Å². The Morgan fingerprint density at radius 1 is 1.53 bits per heavy atom. The molecule has 0 aliphatic carbocycles. The fourth-order valence-electron chi connectivity index (χ4n) is 1.60. The maximum absolute atomic E-state index is 13.1. The molecule has 6 heteroatoms. The van der Waals surface area contributed by atoms with Crippen LogP contribution in [0.1, 0.15) is 17.3 Å². The molecule has 0 saturated carbocycles. The van der Waals surface area contributed by atoms with Crippen LogP contribution >= 0.6 is 23.3 Å². The van der Waals surface area contributed by atoms with Gasteiger partial charge in [-0.1, -0.05) is 11.6 Å². The Morgan fingerprint density at radius 3 is 3.00 bits per heavy atom. The lowest BCUT2D eigenvalue weighted by atomic mass is 10.0. The van der Waals surface area contributed by atoms with Gasteiger partial charge >= 0.3 is 0 Å². The quantitative estimate of drug-likeness (QED) is 0.929. The summed E-state index contributed by atoms with van der Waals surface area (Å²) in [5.41, 5.74) is 1.61. The maximum atomic E-state index is 13.1. The number of rotatable bonds is 4. The lowest BCUT2D eigenvalue weighted by molar-refractivity contribution is 0.574. The first kappa shape index (κ1) is 12.4. The van der Waals surface area contributed by atoms with Crippen molar-refractivity contribution >= 4 is 23.3 Å². The summed E-state index contributed by atoms with van der Waals surface area (Å²) in [5.74, 6) is -0.282. The number of nitrogens with zero attached hydrogens (tertiary/aromatic N) is 2. The van der Waals surface area contributed by atoms with Gasteiger partial charge in [0.05, 0.1) is 29.7 Å². The monoisotopic (exact) mass is 271 g/mol. The minimum Gasteiger partial charge on any atom is -0.311 e. The average molecular weight is 272 g/mol. The molecular formula is C11H11ClFN3S. The number of likely N-dealkylation sites (N-methyl/N-ethyl adjacent to an activating group) is 1. The van der Waals surface area contributed by atoms with Gasteiger partial charge in [0, 0.05) is 5.02 Å². The summed E-state index contributed by atoms with van der Waals surface area (Å²) in [4.78, 5) is 0. The van der Waals surface area contributed by atoms with Crippen molar-refractivity contribution in [3.05, 3.63) is 46.5 Å². The number of benzene rings is 1. The molecule has 1 N–H and O–H groups in total. The lowest BCUT2D eigenvalue weighted by Crippen LogP contribution is -2.19. The minimum absolute atomic E-state index is 0.00644. The third-order valence-electron chi connectivity index (χ3n) is 2.52. The van der Waals surface area contributed by atoms with E-state index in [2.05, 4.69) is 14.1 Å². The largest absolute Gasteiger partial charge is 0.311 e. The van der Waals surface area contributed by atoms with E-state index in [-0.39, 0.29) is 11.9 Å². The van der Waals surface area contributed by atoms with Gasteiger partial charge in [-0.05, 0) is 37.2 Å². The van der Waals surface area contributed by atoms with Gasteiger partial charge in [-0.15, -0.1) is 0 Å². The Balaban J connectivity index is 2.21. The molecule has 1 heterocycles. The van der Waals surface area contributed by atoms with Gasteiger partial charge in [-0.25, -0.2) is 4.39 Å². The molecule has 1 aromatic carbocycles. The fourth-order valence-corrected chi connectivity index (χ4v) is 2.27. The molecule has 17 heavy (non-hydrogen) atoms. The topological polar surface area (TPSA) is 37.8 Å². The standard InChI is InChI=1S/C11H11ClFN3S/c1-14-10(11-6-15-17-16-11)5-7-4-8(13)2-3-9(7)12/h2-4,6,10,14H,5H2,1H3. The SMILES string of the molecule is CNC(Cc1cc(F)ccc1Cl)c1cnsn1. The number of hydrogen-bond donors (Lipinski definition) is 1. The summed E-state index contributed by atoms with van der Waals surface area (Å²) in [7, 11) is 1.83. The number of nitrogens with one attached hydrogen (secondary N) is 1. The van der Waals surface area contributed by atoms with E-state index in [9.17, 15) is 4.39 Å². The van der Waals surface area contributed by atoms with E-state index < -0.39 is 0 Å². The Bertz CT molecular complexity index is 489. The van der Waals surface area contributed by atoms with Crippen LogP contribution in [0.15, 0.2) is 24.4 Å². The van der Waals surface area contributed by atoms with Crippen molar-refractivity contribution in [3.63, 3.8) is 0 Å². The van der Waals surface area contributed by atoms with Gasteiger partial charge < -0.3 is 5.32 Å². The minimum atomic E-state index is -0.282. The Hall–Kier alpha value is -1.04. The zero-order valence-electron chi connectivity index (χ0n) is 9.15. The smallest absolute Gasteiger partial charge is 0.123 e. The van der Waals surface area contributed by atoms with Crippen molar-refractivity contribution in [2.24, 2.45) is 0 Å². The first-order chi connectivity index (χ1) is 8.20. The van der Waals surface area contributed by atoms with E-state index in [1.807, 2.05) is 7.05 Å². The van der Waals surface area contributed by atoms with Crippen molar-refractivity contribution in [1.29, 1.82) is 0 Å². The molecule has 1 aromatic heterocycles. The average Bonchev–Trinajstić information content (AvgIpc) is 2.84. The Kier molecular flexibility index (Phi) is 4.04. The van der Waals surface area contributed by atoms with Crippen LogP contribution in [0, 0.1) is 5.82 Å². The van der Waals surface area contributed by atoms with E-state index in [1.165, 1.54) is 12.1 Å². The van der Waals surface area contributed by atoms with E-state index in [1.54, 1.807) is 12.3 Å². The molecule has 2 rings (SSSR count). The van der Waals surface area contributed by atoms with E-state index >= 15 is 0 Å². The van der Waals surface area contributed by atoms with Crippen LogP contribution in [-0.2, 0) is 6.42 Å². The molecule has 0 aliphatic rings. The van der Waals surface area contributed by atoms with E-state index in [0.29, 0.717) is 11.4 Å². The molecule has 0 spiro atoms. The van der Waals surface area contributed by atoms with E-state index in [4.69, 9.17) is 11.6 Å². The van der Waals surface area contributed by atoms with Crippen molar-refractivity contribution < 1.29 is 4.39 Å². The number of halogens is 2. The summed E-state index contributed by atoms with van der Waals surface area (Å²) in [6, 6.07) is 4.36. The molecular weight excluding hydrogens is 261 g/mol. The molecule has 90 valence electrons. The summed E-state index contributed by atoms with van der Waals surface area (Å²) in [6.45, 7) is 0. The second-order valence-corrected chi connectivity index (χ2v) is 4.58. The number of aromatic nitrogens is 2. The van der Waals surface area contributed by atoms with Crippen LogP contribution in [0.4, 0.5) is 4.39 Å². The van der Waals surface area contributed by atoms with Crippen LogP contribution < -0.4 is 5.32 Å². The maximum Gasteiger partial charge on any atom is 0.123 e. The highest BCUT2D eigenvalue weighted by Gasteiger charge is 2.15. The predicted octanol–water partition coefficient (Wildman–Crippen LogP) is 2.83. The molecule has 1 atom stereocenters. The first-order valence-corrected chi connectivity index (χ1v) is 6.20. The summed E-state index contributed by atoms with van der Waals surface area (Å²) >= 11 is 7.18. The van der Waals surface area contributed by atoms with Crippen molar-refractivity contribution in [1.82, 2.24) is 14.1 Å². The zero-order valence-corrected chi connectivity index (χ0v) is 10.7. The third kappa shape index (κ3) is 3.00. The molecule has 2 aromatic rings. The molecule has 0 aliphatic heterocycles. The van der Waals surface area contributed by atoms with Crippen LogP contribution in [-0.4, -0.2) is 15.8 Å². The zero-order chi connectivity index (χ0) is 12.3. The predicted molar refractivity (Wildman–Crippen MR) is 66.8 cm³/mol. The second-order valence-electron chi connectivity index (χ2n) is 3.61. The molecule has 0 fully saturated rings. The van der Waals surface area contributed by atoms with Gasteiger partial charge in [0.2, 0.25) is 0 Å². The molecule has 0 saturated heterocycles. The van der Waals surface area contributed by atoms with Crippen LogP contribution in [0.2, 0.25) is 5.02 Å². The molecule has 0 amide bonds. The summed E-state index contributed by atoms with van der Waals surface area (Å²) in [6.07, 6.45) is 2.29. The highest BCUT2D eigenvalue weighted by Crippen LogP contribution is 2.23. The van der Waals surface area contributed by atoms with Crippen molar-refractivity contribution in [2.45, 2.75) is 12.5 Å². The second kappa shape index (κ2) is 5.53. The van der Waals surface area contributed by atoms with Gasteiger partial charge in [-0.3, -0.25) is 0 Å². The molecule has 1 unspecified atom stereocenters. The molecule has 0 radical (unpaired) electrons. The van der Waals surface area contributed by atoms with Crippen LogP contribution in [0.25, 0.3) is 0 Å². The van der Waals surface area contributed by atoms with Gasteiger partial charge in [-0.2, -0.15) is 8.75 Å². The summed E-state index contributed by atoms with van der Waals surface area (Å²) < 4.78 is 21.3. The highest BCUT2D eigenvalue weighted by atomic mass is 35.5. The van der Waals surface area contributed by atoms with Crippen molar-refractivity contribution in [2.75, 3.05) is 7.05 Å². The van der Waals surface area contributed by atoms with Crippen LogP contribution in [0.5, 0.6) is 0 Å². The Morgan fingerprint density at radius 2 is 2.35 bits per heavy atom. The molecule has 3 nitrogen and oxygen atoms in total. The number of hydrogen-bond acceptors (Lipinski definition) is 4. The first-order valence-electron chi connectivity index (χ1n) is 5.09. The van der Waals surface area contributed by atoms with Crippen LogP contribution in [0.3, 0.4) is 0 Å².